The Kier molecular flexibility index (Phi) is 8.80. The summed E-state index contributed by atoms with van der Waals surface area (Å²) in [4.78, 5) is 47.6. The predicted octanol–water partition coefficient (Wildman–Crippen LogP) is -1.32. The third kappa shape index (κ3) is 6.04. The van der Waals surface area contributed by atoms with E-state index in [4.69, 9.17) is 33.2 Å². The van der Waals surface area contributed by atoms with Gasteiger partial charge in [-0.25, -0.2) is 4.79 Å². The molecule has 1 saturated heterocycles. The number of hydrogen-bond acceptors (Lipinski definition) is 14. The van der Waals surface area contributed by atoms with Gasteiger partial charge < -0.3 is 48.5 Å². The average Bonchev–Trinajstić information content (AvgIpc) is 3.08. The van der Waals surface area contributed by atoms with Gasteiger partial charge in [-0.15, -0.1) is 0 Å². The summed E-state index contributed by atoms with van der Waals surface area (Å²) in [6.07, 6.45) is -9.23. The molecule has 1 aliphatic carbocycles. The van der Waals surface area contributed by atoms with Gasteiger partial charge >= 0.3 is 23.9 Å². The van der Waals surface area contributed by atoms with Crippen molar-refractivity contribution in [1.82, 2.24) is 0 Å². The summed E-state index contributed by atoms with van der Waals surface area (Å²) in [5, 5.41) is 31.1. The van der Waals surface area contributed by atoms with Crippen LogP contribution in [-0.4, -0.2) is 102 Å². The summed E-state index contributed by atoms with van der Waals surface area (Å²) in [5.74, 6) is -4.62. The summed E-state index contributed by atoms with van der Waals surface area (Å²) >= 11 is 0. The molecule has 14 heteroatoms. The van der Waals surface area contributed by atoms with Crippen LogP contribution >= 0.6 is 0 Å². The summed E-state index contributed by atoms with van der Waals surface area (Å²) < 4.78 is 37.9. The molecule has 3 aliphatic rings. The smallest absolute Gasteiger partial charge is 0.337 e. The van der Waals surface area contributed by atoms with Gasteiger partial charge in [-0.1, -0.05) is 0 Å². The minimum absolute atomic E-state index is 0.00257. The minimum atomic E-state index is -1.76. The number of aliphatic hydroxyl groups is 3. The lowest BCUT2D eigenvalue weighted by molar-refractivity contribution is -0.346. The summed E-state index contributed by atoms with van der Waals surface area (Å²) in [7, 11) is 1.16. The van der Waals surface area contributed by atoms with Gasteiger partial charge in [0.1, 0.15) is 42.7 Å². The zero-order chi connectivity index (χ0) is 27.7. The van der Waals surface area contributed by atoms with E-state index in [2.05, 4.69) is 0 Å². The zero-order valence-corrected chi connectivity index (χ0v) is 21.0. The fourth-order valence-electron chi connectivity index (χ4n) is 5.11. The van der Waals surface area contributed by atoms with Crippen molar-refractivity contribution in [2.75, 3.05) is 13.7 Å². The molecular weight excluding hydrogens is 500 g/mol. The second kappa shape index (κ2) is 11.3. The Balaban J connectivity index is 1.96. The lowest BCUT2D eigenvalue weighted by Crippen LogP contribution is -2.61. The highest BCUT2D eigenvalue weighted by Crippen LogP contribution is 2.52. The Hall–Kier alpha value is -2.78. The first-order valence-corrected chi connectivity index (χ1v) is 11.6. The van der Waals surface area contributed by atoms with E-state index in [1.54, 1.807) is 6.92 Å². The highest BCUT2D eigenvalue weighted by molar-refractivity contribution is 5.89. The first-order chi connectivity index (χ1) is 17.3. The molecule has 1 saturated carbocycles. The predicted molar refractivity (Wildman–Crippen MR) is 117 cm³/mol. The van der Waals surface area contributed by atoms with E-state index in [0.717, 1.165) is 20.3 Å². The van der Waals surface area contributed by atoms with Gasteiger partial charge in [-0.05, 0) is 6.92 Å². The second-order valence-corrected chi connectivity index (χ2v) is 9.33. The van der Waals surface area contributed by atoms with E-state index < -0.39 is 91.0 Å². The van der Waals surface area contributed by atoms with Gasteiger partial charge in [0.05, 0.1) is 24.9 Å². The van der Waals surface area contributed by atoms with Crippen molar-refractivity contribution in [2.24, 2.45) is 11.8 Å². The van der Waals surface area contributed by atoms with Crippen molar-refractivity contribution in [3.63, 3.8) is 0 Å². The van der Waals surface area contributed by atoms with Crippen molar-refractivity contribution < 1.29 is 67.7 Å². The van der Waals surface area contributed by atoms with Crippen LogP contribution in [-0.2, 0) is 52.3 Å². The van der Waals surface area contributed by atoms with E-state index >= 15 is 0 Å². The monoisotopic (exact) mass is 532 g/mol. The van der Waals surface area contributed by atoms with Gasteiger partial charge in [-0.3, -0.25) is 14.4 Å². The molecule has 0 unspecified atom stereocenters. The maximum Gasteiger partial charge on any atom is 0.337 e. The summed E-state index contributed by atoms with van der Waals surface area (Å²) in [5.41, 5.74) is -1.38. The molecular formula is C23H32O14. The third-order valence-electron chi connectivity index (χ3n) is 6.58. The SMILES string of the molecule is COC(=O)C1=CO[C@@H](O[C@@H]2O[C@H](COC(C)=O)[C@@H](O)[C@H](O)[C@H]2O)[C@H]2[C@@H]1[C@H](OC(C)=O)C[C@]2(C)OC(C)=O. The highest BCUT2D eigenvalue weighted by atomic mass is 16.8. The molecule has 2 heterocycles. The number of aliphatic hydroxyl groups excluding tert-OH is 3. The number of hydrogen-bond donors (Lipinski definition) is 3. The van der Waals surface area contributed by atoms with Crippen molar-refractivity contribution in [3.8, 4) is 0 Å². The maximum absolute atomic E-state index is 12.5. The Morgan fingerprint density at radius 2 is 1.68 bits per heavy atom. The molecule has 0 spiro atoms. The van der Waals surface area contributed by atoms with Crippen molar-refractivity contribution in [2.45, 2.75) is 82.8 Å². The molecule has 0 bridgehead atoms. The molecule has 2 aliphatic heterocycles. The van der Waals surface area contributed by atoms with Crippen LogP contribution in [0.2, 0.25) is 0 Å². The van der Waals surface area contributed by atoms with Gasteiger partial charge in [0.2, 0.25) is 6.29 Å². The third-order valence-corrected chi connectivity index (χ3v) is 6.58. The van der Waals surface area contributed by atoms with Crippen LogP contribution in [0.4, 0.5) is 0 Å². The van der Waals surface area contributed by atoms with Crippen LogP contribution in [0, 0.1) is 11.8 Å². The van der Waals surface area contributed by atoms with Gasteiger partial charge in [0, 0.05) is 33.1 Å². The number of ether oxygens (including phenoxy) is 7. The van der Waals surface area contributed by atoms with Gasteiger partial charge in [0.15, 0.2) is 6.29 Å². The quantitative estimate of drug-likeness (QED) is 0.258. The van der Waals surface area contributed by atoms with Gasteiger partial charge in [-0.2, -0.15) is 0 Å². The molecule has 0 aromatic rings. The molecule has 208 valence electrons. The number of esters is 4. The number of methoxy groups -OCH3 is 1. The maximum atomic E-state index is 12.5. The zero-order valence-electron chi connectivity index (χ0n) is 21.0. The standard InChI is InChI=1S/C23H32O14/c1-9(24)32-8-14-17(27)18(28)19(29)22(35-14)36-21-16-15(12(7-33-21)20(30)31-5)13(34-10(2)25)6-23(16,4)37-11(3)26/h7,13-19,21-22,27-29H,6,8H2,1-5H3/t13-,14-,15+,16-,17-,18+,19-,21+,22+,23+/m1/s1. The lowest BCUT2D eigenvalue weighted by Gasteiger charge is -2.44. The first-order valence-electron chi connectivity index (χ1n) is 11.6. The molecule has 3 rings (SSSR count). The Morgan fingerprint density at radius 3 is 2.24 bits per heavy atom. The minimum Gasteiger partial charge on any atom is -0.471 e. The van der Waals surface area contributed by atoms with Crippen LogP contribution < -0.4 is 0 Å². The normalized spacial score (nSPS) is 38.9. The average molecular weight is 532 g/mol. The number of carbonyl (C=O) groups excluding carboxylic acids is 4. The fourth-order valence-corrected chi connectivity index (χ4v) is 5.11. The summed E-state index contributed by atoms with van der Waals surface area (Å²) in [6, 6.07) is 0. The number of rotatable bonds is 7. The molecule has 0 aromatic heterocycles. The van der Waals surface area contributed by atoms with Crippen molar-refractivity contribution in [3.05, 3.63) is 11.8 Å². The van der Waals surface area contributed by atoms with Crippen LogP contribution in [0.1, 0.15) is 34.1 Å². The van der Waals surface area contributed by atoms with Gasteiger partial charge in [0.25, 0.3) is 0 Å². The molecule has 0 aromatic carbocycles. The van der Waals surface area contributed by atoms with E-state index in [1.807, 2.05) is 0 Å². The molecule has 0 radical (unpaired) electrons. The molecule has 14 nitrogen and oxygen atoms in total. The lowest BCUT2D eigenvalue weighted by atomic mass is 9.80. The van der Waals surface area contributed by atoms with E-state index in [-0.39, 0.29) is 12.0 Å². The Bertz CT molecular complexity index is 932. The molecule has 0 amide bonds. The largest absolute Gasteiger partial charge is 0.471 e. The van der Waals surface area contributed by atoms with Crippen molar-refractivity contribution in [1.29, 1.82) is 0 Å². The first kappa shape index (κ1) is 28.8. The topological polar surface area (TPSA) is 194 Å². The molecule has 37 heavy (non-hydrogen) atoms. The number of fused-ring (bicyclic) bond motifs is 1. The molecule has 10 atom stereocenters. The molecule has 3 N–H and O–H groups in total. The van der Waals surface area contributed by atoms with Crippen LogP contribution in [0.15, 0.2) is 11.8 Å². The molecule has 2 fully saturated rings. The fraction of sp³-hybridized carbons (Fsp3) is 0.739. The van der Waals surface area contributed by atoms with E-state index in [9.17, 15) is 34.5 Å². The Morgan fingerprint density at radius 1 is 1.00 bits per heavy atom. The van der Waals surface area contributed by atoms with Crippen LogP contribution in [0.25, 0.3) is 0 Å². The second-order valence-electron chi connectivity index (χ2n) is 9.33. The van der Waals surface area contributed by atoms with Crippen molar-refractivity contribution >= 4 is 23.9 Å². The summed E-state index contributed by atoms with van der Waals surface area (Å²) in [6.45, 7) is 4.62. The highest BCUT2D eigenvalue weighted by Gasteiger charge is 2.63. The van der Waals surface area contributed by atoms with E-state index in [0.29, 0.717) is 0 Å². The number of carbonyl (C=O) groups is 4. The van der Waals surface area contributed by atoms with Crippen LogP contribution in [0.3, 0.4) is 0 Å². The van der Waals surface area contributed by atoms with E-state index in [1.165, 1.54) is 13.8 Å². The Labute approximate surface area is 212 Å². The van der Waals surface area contributed by atoms with Crippen LogP contribution in [0.5, 0.6) is 0 Å².